The number of hydrogen-bond donors (Lipinski definition) is 1. The quantitative estimate of drug-likeness (QED) is 0.0671. The Morgan fingerprint density at radius 3 is 2.55 bits per heavy atom. The SMILES string of the molecule is COc1ccc(C2C(=C(O)c3nc4c(C)cccn4c3C)C(=O)C(=O)N2c2nnc(SCc3ccccc3Cl)s2)cc1OC. The summed E-state index contributed by atoms with van der Waals surface area (Å²) in [4.78, 5) is 33.4. The van der Waals surface area contributed by atoms with E-state index in [-0.39, 0.29) is 22.2 Å². The molecule has 0 spiro atoms. The number of fused-ring (bicyclic) bond motifs is 1. The maximum atomic E-state index is 13.8. The number of Topliss-reactive ketones (excluding diaryl/α,β-unsaturated/α-hetero) is 1. The minimum absolute atomic E-state index is 0.119. The van der Waals surface area contributed by atoms with Gasteiger partial charge in [0.1, 0.15) is 11.3 Å². The van der Waals surface area contributed by atoms with Gasteiger partial charge in [-0.2, -0.15) is 0 Å². The molecule has 1 unspecified atom stereocenters. The second kappa shape index (κ2) is 11.9. The van der Waals surface area contributed by atoms with Gasteiger partial charge in [-0.25, -0.2) is 4.98 Å². The van der Waals surface area contributed by atoms with E-state index < -0.39 is 17.7 Å². The van der Waals surface area contributed by atoms with Crippen LogP contribution < -0.4 is 14.4 Å². The van der Waals surface area contributed by atoms with Gasteiger partial charge in [0.15, 0.2) is 21.6 Å². The van der Waals surface area contributed by atoms with Gasteiger partial charge >= 0.3 is 5.91 Å². The maximum absolute atomic E-state index is 13.8. The number of nitrogens with zero attached hydrogens (tertiary/aromatic N) is 5. The fourth-order valence-corrected chi connectivity index (χ4v) is 7.31. The van der Waals surface area contributed by atoms with Crippen LogP contribution in [0.2, 0.25) is 5.02 Å². The van der Waals surface area contributed by atoms with Crippen LogP contribution in [0.1, 0.15) is 34.1 Å². The van der Waals surface area contributed by atoms with Crippen LogP contribution >= 0.6 is 34.7 Å². The number of ether oxygens (including phenoxy) is 2. The van der Waals surface area contributed by atoms with E-state index in [1.807, 2.05) is 53.9 Å². The molecule has 1 amide bonds. The van der Waals surface area contributed by atoms with E-state index in [0.29, 0.717) is 43.5 Å². The van der Waals surface area contributed by atoms with E-state index in [9.17, 15) is 14.7 Å². The molecular weight excluding hydrogens is 622 g/mol. The van der Waals surface area contributed by atoms with Gasteiger partial charge in [0, 0.05) is 17.0 Å². The van der Waals surface area contributed by atoms with Crippen molar-refractivity contribution in [1.82, 2.24) is 19.6 Å². The number of pyridine rings is 1. The first-order valence-electron chi connectivity index (χ1n) is 13.4. The van der Waals surface area contributed by atoms with Crippen molar-refractivity contribution in [2.45, 2.75) is 30.0 Å². The molecule has 13 heteroatoms. The number of rotatable bonds is 8. The number of aliphatic hydroxyl groups excluding tert-OH is 1. The number of ketones is 1. The standard InChI is InChI=1S/C31H26ClN5O5S2/c1-16-8-7-13-36-17(2)24(33-28(16)36)26(38)23-25(18-11-12-21(41-3)22(14-18)42-4)37(29(40)27(23)39)30-34-35-31(44-30)43-15-19-9-5-6-10-20(19)32/h5-14,25,38H,15H2,1-4H3. The zero-order valence-corrected chi connectivity index (χ0v) is 26.5. The Labute approximate surface area is 265 Å². The van der Waals surface area contributed by atoms with E-state index in [1.165, 1.54) is 42.2 Å². The first kappa shape index (κ1) is 29.7. The number of benzene rings is 2. The molecule has 6 rings (SSSR count). The van der Waals surface area contributed by atoms with Gasteiger partial charge in [0.2, 0.25) is 5.13 Å². The van der Waals surface area contributed by atoms with E-state index in [0.717, 1.165) is 11.1 Å². The second-order valence-electron chi connectivity index (χ2n) is 9.94. The number of imidazole rings is 1. The first-order chi connectivity index (χ1) is 21.2. The molecule has 1 aliphatic heterocycles. The van der Waals surface area contributed by atoms with E-state index >= 15 is 0 Å². The molecule has 0 saturated carbocycles. The Balaban J connectivity index is 1.47. The van der Waals surface area contributed by atoms with Crippen LogP contribution in [0.25, 0.3) is 11.4 Å². The Morgan fingerprint density at radius 1 is 1.05 bits per heavy atom. The molecular formula is C31H26ClN5O5S2. The fourth-order valence-electron chi connectivity index (χ4n) is 5.16. The summed E-state index contributed by atoms with van der Waals surface area (Å²) in [5.41, 5.74) is 3.66. The van der Waals surface area contributed by atoms with Gasteiger partial charge in [0.05, 0.1) is 31.5 Å². The number of thioether (sulfide) groups is 1. The third kappa shape index (κ3) is 5.08. The summed E-state index contributed by atoms with van der Waals surface area (Å²) in [5, 5.41) is 21.2. The predicted molar refractivity (Wildman–Crippen MR) is 170 cm³/mol. The van der Waals surface area contributed by atoms with Gasteiger partial charge in [0.25, 0.3) is 5.78 Å². The molecule has 224 valence electrons. The maximum Gasteiger partial charge on any atom is 0.301 e. The molecule has 0 radical (unpaired) electrons. The highest BCUT2D eigenvalue weighted by molar-refractivity contribution is 8.00. The molecule has 44 heavy (non-hydrogen) atoms. The van der Waals surface area contributed by atoms with Crippen molar-refractivity contribution in [2.75, 3.05) is 19.1 Å². The van der Waals surface area contributed by atoms with Crippen molar-refractivity contribution in [2.24, 2.45) is 0 Å². The first-order valence-corrected chi connectivity index (χ1v) is 15.6. The fraction of sp³-hybridized carbons (Fsp3) is 0.194. The Bertz CT molecular complexity index is 1970. The van der Waals surface area contributed by atoms with Crippen molar-refractivity contribution in [1.29, 1.82) is 0 Å². The van der Waals surface area contributed by atoms with Crippen LogP contribution in [-0.2, 0) is 15.3 Å². The third-order valence-corrected chi connectivity index (χ3v) is 9.86. The Hall–Kier alpha value is -4.39. The number of aromatic nitrogens is 4. The van der Waals surface area contributed by atoms with Crippen LogP contribution in [0.3, 0.4) is 0 Å². The van der Waals surface area contributed by atoms with Gasteiger partial charge in [-0.3, -0.25) is 14.5 Å². The molecule has 1 aliphatic rings. The van der Waals surface area contributed by atoms with Crippen molar-refractivity contribution < 1.29 is 24.2 Å². The number of carbonyl (C=O) groups excluding carboxylic acids is 2. The van der Waals surface area contributed by atoms with Crippen LogP contribution in [0, 0.1) is 13.8 Å². The van der Waals surface area contributed by atoms with Crippen LogP contribution in [0.15, 0.2) is 70.7 Å². The molecule has 1 atom stereocenters. The minimum Gasteiger partial charge on any atom is -0.505 e. The average molecular weight is 648 g/mol. The molecule has 3 aromatic heterocycles. The van der Waals surface area contributed by atoms with Crippen LogP contribution in [0.4, 0.5) is 5.13 Å². The van der Waals surface area contributed by atoms with Gasteiger partial charge in [-0.15, -0.1) is 10.2 Å². The Kier molecular flexibility index (Phi) is 8.06. The van der Waals surface area contributed by atoms with Gasteiger partial charge in [-0.05, 0) is 54.8 Å². The molecule has 4 heterocycles. The van der Waals surface area contributed by atoms with E-state index in [4.69, 9.17) is 21.1 Å². The third-order valence-electron chi connectivity index (χ3n) is 7.39. The molecule has 0 bridgehead atoms. The highest BCUT2D eigenvalue weighted by Crippen LogP contribution is 2.46. The molecule has 10 nitrogen and oxygen atoms in total. The zero-order chi connectivity index (χ0) is 31.1. The number of anilines is 1. The molecule has 1 N–H and O–H groups in total. The van der Waals surface area contributed by atoms with Crippen molar-refractivity contribution >= 4 is 62.9 Å². The van der Waals surface area contributed by atoms with Crippen LogP contribution in [-0.4, -0.2) is 50.6 Å². The lowest BCUT2D eigenvalue weighted by Crippen LogP contribution is -2.29. The zero-order valence-electron chi connectivity index (χ0n) is 24.1. The largest absolute Gasteiger partial charge is 0.505 e. The molecule has 0 aliphatic carbocycles. The van der Waals surface area contributed by atoms with Gasteiger partial charge < -0.3 is 19.0 Å². The summed E-state index contributed by atoms with van der Waals surface area (Å²) in [6, 6.07) is 15.3. The highest BCUT2D eigenvalue weighted by Gasteiger charge is 2.49. The highest BCUT2D eigenvalue weighted by atomic mass is 35.5. The van der Waals surface area contributed by atoms with E-state index in [1.54, 1.807) is 25.1 Å². The average Bonchev–Trinajstić information content (AvgIpc) is 3.71. The summed E-state index contributed by atoms with van der Waals surface area (Å²) in [7, 11) is 3.01. The lowest BCUT2D eigenvalue weighted by atomic mass is 9.96. The normalized spacial score (nSPS) is 16.2. The number of amides is 1. The van der Waals surface area contributed by atoms with Crippen molar-refractivity contribution in [3.8, 4) is 11.5 Å². The molecule has 5 aromatic rings. The smallest absolute Gasteiger partial charge is 0.301 e. The monoisotopic (exact) mass is 647 g/mol. The number of aryl methyl sites for hydroxylation is 2. The molecule has 2 aromatic carbocycles. The lowest BCUT2D eigenvalue weighted by Gasteiger charge is -2.23. The van der Waals surface area contributed by atoms with Crippen molar-refractivity contribution in [3.63, 3.8) is 0 Å². The number of aliphatic hydroxyl groups is 1. The van der Waals surface area contributed by atoms with Crippen molar-refractivity contribution in [3.05, 3.63) is 99.5 Å². The molecule has 1 fully saturated rings. The lowest BCUT2D eigenvalue weighted by molar-refractivity contribution is -0.132. The minimum atomic E-state index is -1.05. The van der Waals surface area contributed by atoms with E-state index in [2.05, 4.69) is 15.2 Å². The summed E-state index contributed by atoms with van der Waals surface area (Å²) < 4.78 is 13.3. The van der Waals surface area contributed by atoms with Crippen LogP contribution in [0.5, 0.6) is 11.5 Å². The van der Waals surface area contributed by atoms with Gasteiger partial charge in [-0.1, -0.05) is 65.0 Å². The number of methoxy groups -OCH3 is 2. The number of hydrogen-bond acceptors (Lipinski definition) is 10. The summed E-state index contributed by atoms with van der Waals surface area (Å²) in [5.74, 6) is -0.695. The topological polar surface area (TPSA) is 119 Å². The molecule has 1 saturated heterocycles. The summed E-state index contributed by atoms with van der Waals surface area (Å²) in [6.07, 6.45) is 1.83. The number of carbonyl (C=O) groups is 2. The number of halogens is 1. The Morgan fingerprint density at radius 2 is 1.82 bits per heavy atom. The summed E-state index contributed by atoms with van der Waals surface area (Å²) >= 11 is 8.90. The second-order valence-corrected chi connectivity index (χ2v) is 12.5. The summed E-state index contributed by atoms with van der Waals surface area (Å²) in [6.45, 7) is 3.70. The predicted octanol–water partition coefficient (Wildman–Crippen LogP) is 6.39.